The van der Waals surface area contributed by atoms with Gasteiger partial charge in [0.15, 0.2) is 0 Å². The molecule has 1 N–H and O–H groups in total. The number of hydroxylamine groups is 2. The van der Waals surface area contributed by atoms with Crippen molar-refractivity contribution in [2.24, 2.45) is 4.99 Å². The maximum atomic E-state index is 5.69. The van der Waals surface area contributed by atoms with Crippen LogP contribution in [0.2, 0.25) is 0 Å². The third-order valence-electron chi connectivity index (χ3n) is 3.88. The quantitative estimate of drug-likeness (QED) is 0.655. The molecule has 2 unspecified atom stereocenters. The number of nitrogens with zero attached hydrogens (tertiary/aromatic N) is 4. The van der Waals surface area contributed by atoms with Gasteiger partial charge in [-0.1, -0.05) is 6.08 Å². The maximum absolute atomic E-state index is 5.69. The zero-order valence-electron chi connectivity index (χ0n) is 12.5. The van der Waals surface area contributed by atoms with Gasteiger partial charge in [0, 0.05) is 20.1 Å². The predicted molar refractivity (Wildman–Crippen MR) is 84.4 cm³/mol. The second-order valence-corrected chi connectivity index (χ2v) is 6.17. The number of rotatable bonds is 5. The van der Waals surface area contributed by atoms with Crippen LogP contribution in [0.5, 0.6) is 0 Å². The number of aromatic nitrogens is 1. The molecule has 1 aromatic rings. The van der Waals surface area contributed by atoms with Crippen LogP contribution in [0.25, 0.3) is 0 Å². The Balaban J connectivity index is 1.87. The van der Waals surface area contributed by atoms with Crippen LogP contribution >= 0.6 is 11.3 Å². The molecule has 114 valence electrons. The average molecular weight is 307 g/mol. The molecule has 2 atom stereocenters. The number of fused-ring (bicyclic) bond motifs is 1. The Morgan fingerprint density at radius 2 is 2.52 bits per heavy atom. The average Bonchev–Trinajstić information content (AvgIpc) is 3.14. The van der Waals surface area contributed by atoms with E-state index in [9.17, 15) is 0 Å². The molecule has 0 aromatic carbocycles. The number of nitrogens with one attached hydrogen (secondary N) is 1. The lowest BCUT2D eigenvalue weighted by Crippen LogP contribution is -2.45. The van der Waals surface area contributed by atoms with Crippen molar-refractivity contribution in [3.05, 3.63) is 28.7 Å². The SMILES string of the molecule is C=CCON(C)C1CN(C)C(C2=NCCN2)c2ncsc21. The van der Waals surface area contributed by atoms with Crippen LogP contribution in [0.15, 0.2) is 23.2 Å². The number of likely N-dealkylation sites (N-methyl/N-ethyl adjacent to an activating group) is 2. The van der Waals surface area contributed by atoms with Crippen molar-refractivity contribution in [2.75, 3.05) is 40.3 Å². The summed E-state index contributed by atoms with van der Waals surface area (Å²) >= 11 is 1.69. The highest BCUT2D eigenvalue weighted by molar-refractivity contribution is 7.09. The Morgan fingerprint density at radius 1 is 1.67 bits per heavy atom. The van der Waals surface area contributed by atoms with Gasteiger partial charge in [-0.2, -0.15) is 5.06 Å². The fraction of sp³-hybridized carbons (Fsp3) is 0.571. The van der Waals surface area contributed by atoms with Crippen LogP contribution < -0.4 is 5.32 Å². The lowest BCUT2D eigenvalue weighted by molar-refractivity contribution is -0.165. The van der Waals surface area contributed by atoms with E-state index < -0.39 is 0 Å². The zero-order valence-corrected chi connectivity index (χ0v) is 13.3. The Labute approximate surface area is 129 Å². The van der Waals surface area contributed by atoms with E-state index in [2.05, 4.69) is 33.8 Å². The van der Waals surface area contributed by atoms with Crippen molar-refractivity contribution in [1.82, 2.24) is 20.3 Å². The van der Waals surface area contributed by atoms with E-state index >= 15 is 0 Å². The highest BCUT2D eigenvalue weighted by atomic mass is 32.1. The third-order valence-corrected chi connectivity index (χ3v) is 4.83. The summed E-state index contributed by atoms with van der Waals surface area (Å²) in [6.45, 7) is 6.87. The van der Waals surface area contributed by atoms with E-state index in [1.807, 2.05) is 17.6 Å². The van der Waals surface area contributed by atoms with Gasteiger partial charge < -0.3 is 5.32 Å². The summed E-state index contributed by atoms with van der Waals surface area (Å²) in [5.74, 6) is 1.04. The van der Waals surface area contributed by atoms with E-state index in [0.29, 0.717) is 6.61 Å². The molecule has 0 radical (unpaired) electrons. The second-order valence-electron chi connectivity index (χ2n) is 5.28. The molecule has 1 aromatic heterocycles. The summed E-state index contributed by atoms with van der Waals surface area (Å²) < 4.78 is 0. The minimum absolute atomic E-state index is 0.137. The van der Waals surface area contributed by atoms with E-state index in [1.54, 1.807) is 17.4 Å². The Morgan fingerprint density at radius 3 is 3.24 bits per heavy atom. The number of amidine groups is 1. The van der Waals surface area contributed by atoms with Gasteiger partial charge in [-0.15, -0.1) is 17.9 Å². The largest absolute Gasteiger partial charge is 0.370 e. The summed E-state index contributed by atoms with van der Waals surface area (Å²) in [5.41, 5.74) is 3.02. The van der Waals surface area contributed by atoms with Crippen molar-refractivity contribution >= 4 is 17.2 Å². The smallest absolute Gasteiger partial charge is 0.120 e. The van der Waals surface area contributed by atoms with Gasteiger partial charge in [-0.25, -0.2) is 4.98 Å². The van der Waals surface area contributed by atoms with Crippen molar-refractivity contribution in [2.45, 2.75) is 12.1 Å². The van der Waals surface area contributed by atoms with Crippen LogP contribution in [0.4, 0.5) is 0 Å². The van der Waals surface area contributed by atoms with Crippen molar-refractivity contribution in [1.29, 1.82) is 0 Å². The zero-order chi connectivity index (χ0) is 14.8. The van der Waals surface area contributed by atoms with Crippen LogP contribution in [0.3, 0.4) is 0 Å². The summed E-state index contributed by atoms with van der Waals surface area (Å²) in [6.07, 6.45) is 1.76. The van der Waals surface area contributed by atoms with Gasteiger partial charge in [0.05, 0.1) is 35.3 Å². The summed E-state index contributed by atoms with van der Waals surface area (Å²) in [4.78, 5) is 18.4. The highest BCUT2D eigenvalue weighted by Crippen LogP contribution is 2.38. The molecule has 0 saturated carbocycles. The normalized spacial score (nSPS) is 25.6. The monoisotopic (exact) mass is 307 g/mol. The molecule has 0 amide bonds. The molecular formula is C14H21N5OS. The molecular weight excluding hydrogens is 286 g/mol. The predicted octanol–water partition coefficient (Wildman–Crippen LogP) is 1.22. The molecule has 7 heteroatoms. The lowest BCUT2D eigenvalue weighted by Gasteiger charge is -2.39. The maximum Gasteiger partial charge on any atom is 0.120 e. The van der Waals surface area contributed by atoms with Gasteiger partial charge in [0.25, 0.3) is 0 Å². The third kappa shape index (κ3) is 2.74. The first-order chi connectivity index (χ1) is 10.2. The topological polar surface area (TPSA) is 53.0 Å². The highest BCUT2D eigenvalue weighted by Gasteiger charge is 2.39. The molecule has 0 aliphatic carbocycles. The fourth-order valence-electron chi connectivity index (χ4n) is 2.87. The first-order valence-corrected chi connectivity index (χ1v) is 7.98. The van der Waals surface area contributed by atoms with Gasteiger partial charge >= 0.3 is 0 Å². The van der Waals surface area contributed by atoms with Crippen molar-refractivity contribution in [3.63, 3.8) is 0 Å². The lowest BCUT2D eigenvalue weighted by atomic mass is 10.0. The molecule has 2 aliphatic heterocycles. The molecule has 3 heterocycles. The van der Waals surface area contributed by atoms with E-state index in [4.69, 9.17) is 4.84 Å². The minimum Gasteiger partial charge on any atom is -0.370 e. The van der Waals surface area contributed by atoms with Gasteiger partial charge in [0.2, 0.25) is 0 Å². The number of aliphatic imine (C=N–C) groups is 1. The number of hydrogen-bond donors (Lipinski definition) is 1. The van der Waals surface area contributed by atoms with Gasteiger partial charge in [-0.3, -0.25) is 14.7 Å². The Hall–Kier alpha value is -1.28. The molecule has 6 nitrogen and oxygen atoms in total. The van der Waals surface area contributed by atoms with Crippen LogP contribution in [-0.4, -0.2) is 61.1 Å². The first kappa shape index (κ1) is 14.6. The second kappa shape index (κ2) is 6.23. The minimum atomic E-state index is 0.137. The van der Waals surface area contributed by atoms with Crippen molar-refractivity contribution in [3.8, 4) is 0 Å². The van der Waals surface area contributed by atoms with Crippen LogP contribution in [-0.2, 0) is 4.84 Å². The number of hydrogen-bond acceptors (Lipinski definition) is 7. The molecule has 0 spiro atoms. The van der Waals surface area contributed by atoms with E-state index in [0.717, 1.165) is 31.2 Å². The first-order valence-electron chi connectivity index (χ1n) is 7.10. The summed E-state index contributed by atoms with van der Waals surface area (Å²) in [7, 11) is 4.08. The Kier molecular flexibility index (Phi) is 4.34. The van der Waals surface area contributed by atoms with Crippen LogP contribution in [0, 0.1) is 0 Å². The summed E-state index contributed by atoms with van der Waals surface area (Å²) in [5, 5.41) is 5.29. The molecule has 0 saturated heterocycles. The van der Waals surface area contributed by atoms with E-state index in [-0.39, 0.29) is 12.1 Å². The van der Waals surface area contributed by atoms with Crippen LogP contribution in [0.1, 0.15) is 22.7 Å². The molecule has 2 aliphatic rings. The van der Waals surface area contributed by atoms with Gasteiger partial charge in [-0.05, 0) is 7.05 Å². The standard InChI is InChI=1S/C14H21N5OS/c1-4-7-20-19(3)10-8-18(2)12(14-15-5-6-16-14)11-13(10)21-9-17-11/h4,9-10,12H,1,5-8H2,2-3H3,(H,15,16). The fourth-order valence-corrected chi connectivity index (χ4v) is 3.81. The van der Waals surface area contributed by atoms with Gasteiger partial charge in [0.1, 0.15) is 11.9 Å². The summed E-state index contributed by atoms with van der Waals surface area (Å²) in [6, 6.07) is 0.327. The van der Waals surface area contributed by atoms with E-state index in [1.165, 1.54) is 4.88 Å². The molecule has 21 heavy (non-hydrogen) atoms. The molecule has 0 fully saturated rings. The number of thiazole rings is 1. The Bertz CT molecular complexity index is 543. The van der Waals surface area contributed by atoms with Crippen molar-refractivity contribution < 1.29 is 4.84 Å². The molecule has 0 bridgehead atoms. The molecule has 3 rings (SSSR count).